The molecule has 1 fully saturated rings. The molecule has 32 heavy (non-hydrogen) atoms. The number of aromatic nitrogens is 2. The molecule has 0 bridgehead atoms. The molecule has 6 heteroatoms. The number of nitrogens with zero attached hydrogens (tertiary/aromatic N) is 3. The molecular formula is C26H27FN4O. The van der Waals surface area contributed by atoms with Crippen LogP contribution in [0.1, 0.15) is 20.8 Å². The minimum atomic E-state index is -0.727. The highest BCUT2D eigenvalue weighted by Gasteiger charge is 2.53. The predicted octanol–water partition coefficient (Wildman–Crippen LogP) is 4.92. The third-order valence-corrected chi connectivity index (χ3v) is 6.12. The Kier molecular flexibility index (Phi) is 5.57. The number of hydrogen-bond donors (Lipinski definition) is 1. The fourth-order valence-corrected chi connectivity index (χ4v) is 4.16. The first-order valence-electron chi connectivity index (χ1n) is 10.6. The van der Waals surface area contributed by atoms with Gasteiger partial charge in [0.1, 0.15) is 5.82 Å². The maximum Gasteiger partial charge on any atom is 0.234 e. The second-order valence-corrected chi connectivity index (χ2v) is 8.60. The normalized spacial score (nSPS) is 20.8. The lowest BCUT2D eigenvalue weighted by Gasteiger charge is -2.28. The molecule has 1 saturated heterocycles. The first-order chi connectivity index (χ1) is 15.3. The number of amides is 1. The molecule has 1 amide bonds. The lowest BCUT2D eigenvalue weighted by atomic mass is 9.83. The van der Waals surface area contributed by atoms with Gasteiger partial charge in [-0.25, -0.2) is 9.07 Å². The first kappa shape index (κ1) is 21.7. The average Bonchev–Trinajstić information content (AvgIpc) is 3.27. The molecule has 1 aliphatic rings. The summed E-state index contributed by atoms with van der Waals surface area (Å²) in [5, 5.41) is 5.33. The van der Waals surface area contributed by atoms with Gasteiger partial charge in [-0.05, 0) is 68.8 Å². The Morgan fingerprint density at radius 3 is 2.53 bits per heavy atom. The van der Waals surface area contributed by atoms with E-state index >= 15 is 0 Å². The predicted molar refractivity (Wildman–Crippen MR) is 127 cm³/mol. The van der Waals surface area contributed by atoms with E-state index in [4.69, 9.17) is 5.73 Å². The van der Waals surface area contributed by atoms with Gasteiger partial charge in [-0.3, -0.25) is 4.79 Å². The summed E-state index contributed by atoms with van der Waals surface area (Å²) in [6.45, 7) is 9.90. The maximum absolute atomic E-state index is 13.4. The molecule has 0 unspecified atom stereocenters. The monoisotopic (exact) mass is 430 g/mol. The Balaban J connectivity index is 1.76. The van der Waals surface area contributed by atoms with Gasteiger partial charge < -0.3 is 10.6 Å². The number of benzene rings is 2. The lowest BCUT2D eigenvalue weighted by molar-refractivity contribution is -0.124. The number of nitrogens with two attached hydrogens (primary N) is 1. The SMILES string of the molecule is C=C(/C=C\C=C/C)[C@@H]1[C@@H](N)C(C)(C)C(=O)N1c1ccc2c(cnn2-c2ccc(F)cc2)c1. The van der Waals surface area contributed by atoms with Crippen LogP contribution < -0.4 is 10.6 Å². The van der Waals surface area contributed by atoms with Crippen molar-refractivity contribution in [3.8, 4) is 5.69 Å². The fourth-order valence-electron chi connectivity index (χ4n) is 4.16. The molecule has 2 aromatic carbocycles. The van der Waals surface area contributed by atoms with Gasteiger partial charge in [-0.2, -0.15) is 5.10 Å². The van der Waals surface area contributed by atoms with E-state index in [2.05, 4.69) is 11.7 Å². The molecule has 0 spiro atoms. The van der Waals surface area contributed by atoms with Crippen molar-refractivity contribution in [2.24, 2.45) is 11.1 Å². The summed E-state index contributed by atoms with van der Waals surface area (Å²) >= 11 is 0. The van der Waals surface area contributed by atoms with Crippen molar-refractivity contribution in [1.82, 2.24) is 9.78 Å². The number of allylic oxidation sites excluding steroid dienone is 3. The summed E-state index contributed by atoms with van der Waals surface area (Å²) in [5.41, 5.74) is 8.97. The van der Waals surface area contributed by atoms with Crippen LogP contribution in [-0.4, -0.2) is 27.8 Å². The van der Waals surface area contributed by atoms with Gasteiger partial charge in [0.25, 0.3) is 0 Å². The zero-order valence-corrected chi connectivity index (χ0v) is 18.5. The van der Waals surface area contributed by atoms with E-state index in [1.807, 2.05) is 63.3 Å². The van der Waals surface area contributed by atoms with Crippen LogP contribution in [0.5, 0.6) is 0 Å². The van der Waals surface area contributed by atoms with Crippen molar-refractivity contribution in [2.75, 3.05) is 4.90 Å². The number of fused-ring (bicyclic) bond motifs is 1. The molecule has 0 aliphatic carbocycles. The van der Waals surface area contributed by atoms with Gasteiger partial charge in [0.05, 0.1) is 28.9 Å². The van der Waals surface area contributed by atoms with Crippen LogP contribution in [0.2, 0.25) is 0 Å². The molecule has 1 aromatic heterocycles. The summed E-state index contributed by atoms with van der Waals surface area (Å²) in [6.07, 6.45) is 9.39. The van der Waals surface area contributed by atoms with Crippen molar-refractivity contribution in [1.29, 1.82) is 0 Å². The largest absolute Gasteiger partial charge is 0.325 e. The van der Waals surface area contributed by atoms with Crippen molar-refractivity contribution in [2.45, 2.75) is 32.9 Å². The summed E-state index contributed by atoms with van der Waals surface area (Å²) in [6, 6.07) is 11.1. The Hall–Kier alpha value is -3.51. The van der Waals surface area contributed by atoms with Crippen LogP contribution >= 0.6 is 0 Å². The van der Waals surface area contributed by atoms with Gasteiger partial charge in [0, 0.05) is 17.1 Å². The minimum Gasteiger partial charge on any atom is -0.325 e. The smallest absolute Gasteiger partial charge is 0.234 e. The number of anilines is 1. The number of carbonyl (C=O) groups excluding carboxylic acids is 1. The Morgan fingerprint density at radius 2 is 1.84 bits per heavy atom. The highest BCUT2D eigenvalue weighted by molar-refractivity contribution is 6.03. The number of rotatable bonds is 5. The van der Waals surface area contributed by atoms with Crippen LogP contribution in [0.25, 0.3) is 16.6 Å². The standard InChI is InChI=1S/C26H27FN4O/c1-5-6-7-8-17(2)23-24(28)26(3,4)25(32)30(23)21-13-14-22-18(15-21)16-29-31(22)20-11-9-19(27)10-12-20/h5-16,23-24H,2,28H2,1,3-4H3/b6-5-,8-7-/t23-,24-/m1/s1. The topological polar surface area (TPSA) is 64.2 Å². The number of halogens is 1. The second kappa shape index (κ2) is 8.20. The lowest BCUT2D eigenvalue weighted by Crippen LogP contribution is -2.44. The van der Waals surface area contributed by atoms with E-state index in [1.165, 1.54) is 12.1 Å². The molecule has 4 rings (SSSR count). The minimum absolute atomic E-state index is 0.0409. The zero-order valence-electron chi connectivity index (χ0n) is 18.5. The molecule has 0 saturated carbocycles. The van der Waals surface area contributed by atoms with Gasteiger partial charge in [0.2, 0.25) is 5.91 Å². The maximum atomic E-state index is 13.4. The molecule has 0 radical (unpaired) electrons. The van der Waals surface area contributed by atoms with E-state index in [1.54, 1.807) is 27.9 Å². The fraction of sp³-hybridized carbons (Fsp3) is 0.231. The third kappa shape index (κ3) is 3.56. The van der Waals surface area contributed by atoms with Crippen LogP contribution in [0, 0.1) is 11.2 Å². The summed E-state index contributed by atoms with van der Waals surface area (Å²) in [4.78, 5) is 15.1. The van der Waals surface area contributed by atoms with Crippen LogP contribution in [-0.2, 0) is 4.79 Å². The molecule has 164 valence electrons. The quantitative estimate of drug-likeness (QED) is 0.584. The van der Waals surface area contributed by atoms with Crippen LogP contribution in [0.15, 0.2) is 85.1 Å². The van der Waals surface area contributed by atoms with Gasteiger partial charge in [0.15, 0.2) is 0 Å². The van der Waals surface area contributed by atoms with Gasteiger partial charge >= 0.3 is 0 Å². The first-order valence-corrected chi connectivity index (χ1v) is 10.6. The average molecular weight is 431 g/mol. The van der Waals surface area contributed by atoms with Crippen molar-refractivity contribution in [3.05, 3.63) is 90.9 Å². The van der Waals surface area contributed by atoms with E-state index in [-0.39, 0.29) is 17.8 Å². The summed E-state index contributed by atoms with van der Waals surface area (Å²) < 4.78 is 15.1. The second-order valence-electron chi connectivity index (χ2n) is 8.60. The van der Waals surface area contributed by atoms with E-state index in [9.17, 15) is 9.18 Å². The third-order valence-electron chi connectivity index (χ3n) is 6.12. The molecule has 2 atom stereocenters. The summed E-state index contributed by atoms with van der Waals surface area (Å²) in [5.74, 6) is -0.338. The molecular weight excluding hydrogens is 403 g/mol. The Labute approximate surface area is 187 Å². The Morgan fingerprint density at radius 1 is 1.16 bits per heavy atom. The summed E-state index contributed by atoms with van der Waals surface area (Å²) in [7, 11) is 0. The number of carbonyl (C=O) groups is 1. The highest BCUT2D eigenvalue weighted by Crippen LogP contribution is 2.41. The molecule has 3 aromatic rings. The zero-order chi connectivity index (χ0) is 23.0. The molecule has 2 heterocycles. The van der Waals surface area contributed by atoms with Crippen molar-refractivity contribution in [3.63, 3.8) is 0 Å². The highest BCUT2D eigenvalue weighted by atomic mass is 19.1. The van der Waals surface area contributed by atoms with E-state index in [0.29, 0.717) is 0 Å². The van der Waals surface area contributed by atoms with Gasteiger partial charge in [-0.15, -0.1) is 0 Å². The Bertz CT molecular complexity index is 1240. The van der Waals surface area contributed by atoms with Crippen molar-refractivity contribution < 1.29 is 9.18 Å². The van der Waals surface area contributed by atoms with Gasteiger partial charge in [-0.1, -0.05) is 30.9 Å². The molecule has 1 aliphatic heterocycles. The van der Waals surface area contributed by atoms with Crippen LogP contribution in [0.3, 0.4) is 0 Å². The number of hydrogen-bond acceptors (Lipinski definition) is 3. The van der Waals surface area contributed by atoms with E-state index < -0.39 is 11.5 Å². The van der Waals surface area contributed by atoms with Crippen molar-refractivity contribution >= 4 is 22.5 Å². The molecule has 5 nitrogen and oxygen atoms in total. The van der Waals surface area contributed by atoms with E-state index in [0.717, 1.165) is 27.9 Å². The van der Waals surface area contributed by atoms with Crippen LogP contribution in [0.4, 0.5) is 10.1 Å². The molecule has 2 N–H and O–H groups in total.